The molecule has 3 saturated carbocycles. The SMILES string of the molecule is C[C@H](CC[C@@]1(O)O[C@H]2C[C@H]3[C@@H]4CC=C5C[C@@H](O)C[C@@H](O[C@@H]6OC[C@H](O)[C@H](O)[C@H]6O[C@@H]6O[C@@H](C)[C@H](O)[C@@H](O)[C@H]6O)[C@]5(C)[C@H]4CC[C@]3(C)[C@H]2[C@@H]1C)CO[C@@H]1O[C@H](CO)[C@@H](O)[C@H](O)[C@H]1O. The van der Waals surface area contributed by atoms with Gasteiger partial charge in [0.05, 0.1) is 44.2 Å². The first-order valence-corrected chi connectivity index (χ1v) is 22.9. The Labute approximate surface area is 362 Å². The van der Waals surface area contributed by atoms with Gasteiger partial charge in [-0.25, -0.2) is 0 Å². The van der Waals surface area contributed by atoms with E-state index in [2.05, 4.69) is 26.8 Å². The van der Waals surface area contributed by atoms with Crippen LogP contribution < -0.4 is 0 Å². The molecule has 0 aromatic carbocycles. The maximum absolute atomic E-state index is 12.1. The highest BCUT2D eigenvalue weighted by molar-refractivity contribution is 5.28. The van der Waals surface area contributed by atoms with Crippen LogP contribution in [0.5, 0.6) is 0 Å². The molecule has 0 spiro atoms. The number of hydrogen-bond donors (Lipinski definition) is 11. The summed E-state index contributed by atoms with van der Waals surface area (Å²) in [5.41, 5.74) is 0.452. The second kappa shape index (κ2) is 17.9. The molecular weight excluding hydrogens is 816 g/mol. The van der Waals surface area contributed by atoms with Gasteiger partial charge in [0.15, 0.2) is 24.7 Å². The number of fused-ring (bicyclic) bond motifs is 7. The molecule has 11 N–H and O–H groups in total. The van der Waals surface area contributed by atoms with Crippen LogP contribution in [-0.2, 0) is 33.2 Å². The van der Waals surface area contributed by atoms with Crippen LogP contribution in [-0.4, -0.2) is 186 Å². The van der Waals surface area contributed by atoms with Gasteiger partial charge in [0.1, 0.15) is 61.0 Å². The molecule has 0 aromatic heterocycles. The summed E-state index contributed by atoms with van der Waals surface area (Å²) < 4.78 is 42.5. The molecule has 62 heavy (non-hydrogen) atoms. The fourth-order valence-corrected chi connectivity index (χ4v) is 13.3. The van der Waals surface area contributed by atoms with Gasteiger partial charge >= 0.3 is 0 Å². The third kappa shape index (κ3) is 8.06. The van der Waals surface area contributed by atoms with Crippen molar-refractivity contribution in [2.45, 2.75) is 196 Å². The number of aliphatic hydroxyl groups excluding tert-OH is 10. The lowest BCUT2D eigenvalue weighted by molar-refractivity contribution is -0.362. The van der Waals surface area contributed by atoms with E-state index in [1.807, 2.05) is 6.92 Å². The molecule has 4 aliphatic carbocycles. The largest absolute Gasteiger partial charge is 0.394 e. The minimum atomic E-state index is -1.66. The van der Waals surface area contributed by atoms with Crippen LogP contribution in [0, 0.1) is 46.3 Å². The van der Waals surface area contributed by atoms with Crippen molar-refractivity contribution in [2.75, 3.05) is 19.8 Å². The lowest BCUT2D eigenvalue weighted by Crippen LogP contribution is -2.63. The van der Waals surface area contributed by atoms with E-state index < -0.39 is 116 Å². The Morgan fingerprint density at radius 1 is 0.823 bits per heavy atom. The van der Waals surface area contributed by atoms with Crippen molar-refractivity contribution in [1.29, 1.82) is 0 Å². The summed E-state index contributed by atoms with van der Waals surface area (Å²) in [4.78, 5) is 0. The molecule has 7 fully saturated rings. The van der Waals surface area contributed by atoms with Gasteiger partial charge < -0.3 is 89.3 Å². The zero-order chi connectivity index (χ0) is 44.8. The fourth-order valence-electron chi connectivity index (χ4n) is 13.3. The Bertz CT molecular complexity index is 1590. The van der Waals surface area contributed by atoms with E-state index >= 15 is 0 Å². The highest BCUT2D eigenvalue weighted by atomic mass is 16.8. The van der Waals surface area contributed by atoms with Gasteiger partial charge in [-0.05, 0) is 80.5 Å². The molecule has 4 heterocycles. The second-order valence-corrected chi connectivity index (χ2v) is 20.7. The lowest BCUT2D eigenvalue weighted by atomic mass is 9.46. The van der Waals surface area contributed by atoms with Gasteiger partial charge in [0.25, 0.3) is 0 Å². The van der Waals surface area contributed by atoms with Crippen molar-refractivity contribution in [2.24, 2.45) is 46.3 Å². The Hall–Kier alpha value is -0.980. The van der Waals surface area contributed by atoms with Crippen molar-refractivity contribution in [3.05, 3.63) is 11.6 Å². The number of hydrogen-bond acceptors (Lipinski definition) is 18. The van der Waals surface area contributed by atoms with Crippen LogP contribution in [0.15, 0.2) is 11.6 Å². The van der Waals surface area contributed by atoms with Gasteiger partial charge in [-0.2, -0.15) is 0 Å². The van der Waals surface area contributed by atoms with Crippen molar-refractivity contribution < 1.29 is 89.3 Å². The van der Waals surface area contributed by atoms with Crippen molar-refractivity contribution in [3.63, 3.8) is 0 Å². The minimum Gasteiger partial charge on any atom is -0.394 e. The quantitative estimate of drug-likeness (QED) is 0.108. The Morgan fingerprint density at radius 2 is 1.53 bits per heavy atom. The Morgan fingerprint density at radius 3 is 2.26 bits per heavy atom. The summed E-state index contributed by atoms with van der Waals surface area (Å²) in [6, 6.07) is 0. The average molecular weight is 889 g/mol. The molecule has 0 radical (unpaired) electrons. The molecule has 8 aliphatic rings. The molecule has 26 atom stereocenters. The maximum Gasteiger partial charge on any atom is 0.187 e. The predicted octanol–water partition coefficient (Wildman–Crippen LogP) is -1.22. The Kier molecular flexibility index (Phi) is 13.7. The van der Waals surface area contributed by atoms with E-state index in [0.717, 1.165) is 31.3 Å². The van der Waals surface area contributed by atoms with Gasteiger partial charge in [0.2, 0.25) is 0 Å². The van der Waals surface area contributed by atoms with Crippen molar-refractivity contribution in [3.8, 4) is 0 Å². The second-order valence-electron chi connectivity index (χ2n) is 20.7. The molecule has 356 valence electrons. The fraction of sp³-hybridized carbons (Fsp3) is 0.955. The smallest absolute Gasteiger partial charge is 0.187 e. The first-order valence-electron chi connectivity index (χ1n) is 22.9. The van der Waals surface area contributed by atoms with Gasteiger partial charge in [-0.15, -0.1) is 0 Å². The molecular formula is C44H72O18. The average Bonchev–Trinajstić information content (AvgIpc) is 3.67. The van der Waals surface area contributed by atoms with E-state index in [1.54, 1.807) is 0 Å². The summed E-state index contributed by atoms with van der Waals surface area (Å²) in [5.74, 6) is -0.790. The van der Waals surface area contributed by atoms with Crippen LogP contribution in [0.4, 0.5) is 0 Å². The number of rotatable bonds is 11. The van der Waals surface area contributed by atoms with Crippen LogP contribution in [0.3, 0.4) is 0 Å². The first-order chi connectivity index (χ1) is 29.2. The predicted molar refractivity (Wildman–Crippen MR) is 213 cm³/mol. The molecule has 0 unspecified atom stereocenters. The van der Waals surface area contributed by atoms with Crippen molar-refractivity contribution >= 4 is 0 Å². The monoisotopic (exact) mass is 888 g/mol. The summed E-state index contributed by atoms with van der Waals surface area (Å²) >= 11 is 0. The van der Waals surface area contributed by atoms with Crippen LogP contribution in [0.25, 0.3) is 0 Å². The number of aliphatic hydroxyl groups is 11. The summed E-state index contributed by atoms with van der Waals surface area (Å²) in [6.07, 6.45) is -13.2. The lowest BCUT2D eigenvalue weighted by Gasteiger charge is -2.60. The van der Waals surface area contributed by atoms with Gasteiger partial charge in [0, 0.05) is 24.2 Å². The number of ether oxygens (including phenoxy) is 7. The highest BCUT2D eigenvalue weighted by Crippen LogP contribution is 2.70. The van der Waals surface area contributed by atoms with E-state index in [4.69, 9.17) is 33.2 Å². The highest BCUT2D eigenvalue weighted by Gasteiger charge is 2.69. The molecule has 0 aromatic rings. The molecule has 4 aliphatic heterocycles. The molecule has 18 heteroatoms. The molecule has 18 nitrogen and oxygen atoms in total. The zero-order valence-corrected chi connectivity index (χ0v) is 36.4. The Balaban J connectivity index is 0.935. The normalized spacial score (nSPS) is 55.7. The first kappa shape index (κ1) is 47.5. The van der Waals surface area contributed by atoms with E-state index in [1.165, 1.54) is 6.92 Å². The molecule has 0 amide bonds. The molecule has 4 saturated heterocycles. The molecule has 8 rings (SSSR count). The minimum absolute atomic E-state index is 0.0819. The van der Waals surface area contributed by atoms with Gasteiger partial charge in [-0.3, -0.25) is 0 Å². The third-order valence-electron chi connectivity index (χ3n) is 17.1. The summed E-state index contributed by atoms with van der Waals surface area (Å²) in [5, 5.41) is 117. The number of allylic oxidation sites excluding steroid dienone is 1. The van der Waals surface area contributed by atoms with Gasteiger partial charge in [-0.1, -0.05) is 39.3 Å². The third-order valence-corrected chi connectivity index (χ3v) is 17.1. The van der Waals surface area contributed by atoms with E-state index in [9.17, 15) is 56.2 Å². The van der Waals surface area contributed by atoms with Crippen molar-refractivity contribution in [1.82, 2.24) is 0 Å². The summed E-state index contributed by atoms with van der Waals surface area (Å²) in [7, 11) is 0. The van der Waals surface area contributed by atoms with E-state index in [0.29, 0.717) is 25.7 Å². The van der Waals surface area contributed by atoms with E-state index in [-0.39, 0.29) is 60.2 Å². The summed E-state index contributed by atoms with van der Waals surface area (Å²) in [6.45, 7) is 9.45. The topological polar surface area (TPSA) is 287 Å². The molecule has 0 bridgehead atoms. The zero-order valence-electron chi connectivity index (χ0n) is 36.4. The van der Waals surface area contributed by atoms with Crippen LogP contribution in [0.2, 0.25) is 0 Å². The van der Waals surface area contributed by atoms with Crippen LogP contribution in [0.1, 0.15) is 86.0 Å². The van der Waals surface area contributed by atoms with Crippen LogP contribution >= 0.6 is 0 Å². The standard InChI is InChI=1S/C44H72O18/c1-18(16-56-39-36(53)35(52)33(50)28(15-45)59-39)8-11-44(55)19(2)30-27(62-44)14-25-23-7-6-21-12-22(46)13-29(43(21,5)24(23)9-10-42(25,30)4)60-41-38(32(49)26(47)17-57-41)61-40-37(54)34(51)31(48)20(3)58-40/h6,18-20,22-41,45-55H,7-17H2,1-5H3/t18-,19+,20+,22-,23-,24+,25+,26+,27+,28-,29-,30+,31+,32+,33-,34-,35+,36-,37-,38-,39-,40+,41+,42+,43+,44-/m1/s1. The maximum atomic E-state index is 12.1.